The third-order valence-corrected chi connectivity index (χ3v) is 2.72. The number of nitrogens with one attached hydrogen (secondary N) is 1. The van der Waals surface area contributed by atoms with Crippen molar-refractivity contribution >= 4 is 17.7 Å². The average Bonchev–Trinajstić information content (AvgIpc) is 2.52. The summed E-state index contributed by atoms with van der Waals surface area (Å²) in [5.74, 6) is -0.334. The average molecular weight is 283 g/mol. The minimum Gasteiger partial charge on any atom is -0.347 e. The third kappa shape index (κ3) is 4.24. The fraction of sp³-hybridized carbons (Fsp3) is 0.0667. The van der Waals surface area contributed by atoms with Gasteiger partial charge in [-0.2, -0.15) is 0 Å². The van der Waals surface area contributed by atoms with E-state index in [2.05, 4.69) is 10.3 Å². The van der Waals surface area contributed by atoms with Gasteiger partial charge in [-0.3, -0.25) is 19.9 Å². The lowest BCUT2D eigenvalue weighted by atomic mass is 10.1. The normalized spacial score (nSPS) is 10.5. The molecule has 0 aliphatic carbocycles. The van der Waals surface area contributed by atoms with Crippen LogP contribution in [0.3, 0.4) is 0 Å². The number of carbonyl (C=O) groups excluding carboxylic acids is 1. The van der Waals surface area contributed by atoms with Crippen LogP contribution < -0.4 is 5.32 Å². The van der Waals surface area contributed by atoms with Gasteiger partial charge in [0.25, 0.3) is 5.69 Å². The number of nitro groups is 1. The number of rotatable bonds is 5. The summed E-state index contributed by atoms with van der Waals surface area (Å²) < 4.78 is 0. The number of hydrogen-bond acceptors (Lipinski definition) is 4. The first-order valence-corrected chi connectivity index (χ1v) is 6.26. The molecular formula is C15H13N3O3. The van der Waals surface area contributed by atoms with Crippen LogP contribution in [-0.2, 0) is 11.3 Å². The molecule has 2 aromatic rings. The molecule has 6 nitrogen and oxygen atoms in total. The lowest BCUT2D eigenvalue weighted by Crippen LogP contribution is -2.20. The zero-order valence-corrected chi connectivity index (χ0v) is 11.1. The van der Waals surface area contributed by atoms with Crippen LogP contribution in [0, 0.1) is 10.1 Å². The Kier molecular flexibility index (Phi) is 4.76. The van der Waals surface area contributed by atoms with E-state index >= 15 is 0 Å². The fourth-order valence-electron chi connectivity index (χ4n) is 1.70. The molecule has 0 saturated heterocycles. The Balaban J connectivity index is 1.98. The minimum atomic E-state index is -0.481. The lowest BCUT2D eigenvalue weighted by Gasteiger charge is -2.01. The zero-order chi connectivity index (χ0) is 15.1. The standard InChI is InChI=1S/C15H13N3O3/c19-15(17-11-13-6-3-4-10-16-13)9-8-12-5-1-2-7-14(12)18(20)21/h1-10H,11H2,(H,17,19). The van der Waals surface area contributed by atoms with E-state index in [0.717, 1.165) is 5.69 Å². The van der Waals surface area contributed by atoms with Gasteiger partial charge in [0.2, 0.25) is 5.91 Å². The first kappa shape index (κ1) is 14.4. The fourth-order valence-corrected chi connectivity index (χ4v) is 1.70. The molecular weight excluding hydrogens is 270 g/mol. The van der Waals surface area contributed by atoms with Gasteiger partial charge in [-0.25, -0.2) is 0 Å². The summed E-state index contributed by atoms with van der Waals surface area (Å²) >= 11 is 0. The molecule has 1 N–H and O–H groups in total. The van der Waals surface area contributed by atoms with Crippen molar-refractivity contribution in [1.29, 1.82) is 0 Å². The van der Waals surface area contributed by atoms with Crippen LogP contribution in [0.4, 0.5) is 5.69 Å². The largest absolute Gasteiger partial charge is 0.347 e. The Labute approximate surface area is 121 Å². The number of pyridine rings is 1. The van der Waals surface area contributed by atoms with Crippen molar-refractivity contribution in [2.75, 3.05) is 0 Å². The summed E-state index contributed by atoms with van der Waals surface area (Å²) in [6.07, 6.45) is 4.34. The summed E-state index contributed by atoms with van der Waals surface area (Å²) in [6, 6.07) is 11.7. The van der Waals surface area contributed by atoms with Crippen molar-refractivity contribution in [2.45, 2.75) is 6.54 Å². The zero-order valence-electron chi connectivity index (χ0n) is 11.1. The van der Waals surface area contributed by atoms with E-state index in [1.54, 1.807) is 36.5 Å². The molecule has 1 aromatic heterocycles. The van der Waals surface area contributed by atoms with Crippen LogP contribution >= 0.6 is 0 Å². The predicted octanol–water partition coefficient (Wildman–Crippen LogP) is 2.32. The molecule has 2 rings (SSSR count). The monoisotopic (exact) mass is 283 g/mol. The molecule has 6 heteroatoms. The Morgan fingerprint density at radius 2 is 2.00 bits per heavy atom. The summed E-state index contributed by atoms with van der Waals surface area (Å²) in [5.41, 5.74) is 1.09. The van der Waals surface area contributed by atoms with E-state index in [9.17, 15) is 14.9 Å². The lowest BCUT2D eigenvalue weighted by molar-refractivity contribution is -0.385. The highest BCUT2D eigenvalue weighted by molar-refractivity contribution is 5.92. The molecule has 1 aromatic carbocycles. The van der Waals surface area contributed by atoms with Crippen LogP contribution in [0.15, 0.2) is 54.7 Å². The molecule has 0 bridgehead atoms. The molecule has 0 saturated carbocycles. The van der Waals surface area contributed by atoms with Gasteiger partial charge in [-0.1, -0.05) is 18.2 Å². The van der Waals surface area contributed by atoms with Crippen molar-refractivity contribution in [1.82, 2.24) is 10.3 Å². The van der Waals surface area contributed by atoms with Gasteiger partial charge in [-0.15, -0.1) is 0 Å². The number of benzene rings is 1. The Bertz CT molecular complexity index is 669. The topological polar surface area (TPSA) is 85.1 Å². The molecule has 1 amide bonds. The number of nitrogens with zero attached hydrogens (tertiary/aromatic N) is 2. The SMILES string of the molecule is O=C(C=Cc1ccccc1[N+](=O)[O-])NCc1ccccn1. The quantitative estimate of drug-likeness (QED) is 0.518. The molecule has 0 spiro atoms. The first-order chi connectivity index (χ1) is 10.2. The number of hydrogen-bond donors (Lipinski definition) is 1. The molecule has 0 aliphatic heterocycles. The van der Waals surface area contributed by atoms with Crippen molar-refractivity contribution in [3.8, 4) is 0 Å². The van der Waals surface area contributed by atoms with E-state index in [0.29, 0.717) is 12.1 Å². The molecule has 0 fully saturated rings. The molecule has 0 aliphatic rings. The summed E-state index contributed by atoms with van der Waals surface area (Å²) in [4.78, 5) is 26.1. The van der Waals surface area contributed by atoms with Crippen molar-refractivity contribution in [2.24, 2.45) is 0 Å². The van der Waals surface area contributed by atoms with Crippen LogP contribution in [0.1, 0.15) is 11.3 Å². The van der Waals surface area contributed by atoms with Crippen molar-refractivity contribution < 1.29 is 9.72 Å². The van der Waals surface area contributed by atoms with E-state index in [4.69, 9.17) is 0 Å². The van der Waals surface area contributed by atoms with Crippen LogP contribution in [0.2, 0.25) is 0 Å². The summed E-state index contributed by atoms with van der Waals surface area (Å²) in [6.45, 7) is 0.306. The van der Waals surface area contributed by atoms with Gasteiger partial charge in [0.15, 0.2) is 0 Å². The maximum Gasteiger partial charge on any atom is 0.276 e. The van der Waals surface area contributed by atoms with Crippen molar-refractivity contribution in [3.05, 3.63) is 76.1 Å². The van der Waals surface area contributed by atoms with E-state index in [1.165, 1.54) is 18.2 Å². The Morgan fingerprint density at radius 3 is 2.71 bits per heavy atom. The van der Waals surface area contributed by atoms with Gasteiger partial charge >= 0.3 is 0 Å². The van der Waals surface area contributed by atoms with E-state index in [-0.39, 0.29) is 11.6 Å². The van der Waals surface area contributed by atoms with E-state index < -0.39 is 4.92 Å². The van der Waals surface area contributed by atoms with Crippen molar-refractivity contribution in [3.63, 3.8) is 0 Å². The van der Waals surface area contributed by atoms with Crippen LogP contribution in [0.5, 0.6) is 0 Å². The summed E-state index contributed by atoms with van der Waals surface area (Å²) in [5, 5.41) is 13.5. The van der Waals surface area contributed by atoms with Crippen LogP contribution in [0.25, 0.3) is 6.08 Å². The maximum absolute atomic E-state index is 11.7. The number of carbonyl (C=O) groups is 1. The highest BCUT2D eigenvalue weighted by Crippen LogP contribution is 2.18. The Hall–Kier alpha value is -3.02. The highest BCUT2D eigenvalue weighted by Gasteiger charge is 2.09. The minimum absolute atomic E-state index is 0.0359. The maximum atomic E-state index is 11.7. The van der Waals surface area contributed by atoms with Gasteiger partial charge in [-0.05, 0) is 24.3 Å². The molecule has 0 atom stereocenters. The summed E-state index contributed by atoms with van der Waals surface area (Å²) in [7, 11) is 0. The Morgan fingerprint density at radius 1 is 1.24 bits per heavy atom. The molecule has 0 radical (unpaired) electrons. The predicted molar refractivity (Wildman–Crippen MR) is 78.2 cm³/mol. The molecule has 0 unspecified atom stereocenters. The number of nitro benzene ring substituents is 1. The second-order valence-corrected chi connectivity index (χ2v) is 4.19. The van der Waals surface area contributed by atoms with Gasteiger partial charge in [0.1, 0.15) is 0 Å². The van der Waals surface area contributed by atoms with E-state index in [1.807, 2.05) is 6.07 Å². The number of amides is 1. The number of aromatic nitrogens is 1. The third-order valence-electron chi connectivity index (χ3n) is 2.72. The first-order valence-electron chi connectivity index (χ1n) is 6.26. The van der Waals surface area contributed by atoms with Gasteiger partial charge in [0.05, 0.1) is 22.7 Å². The smallest absolute Gasteiger partial charge is 0.276 e. The molecule has 21 heavy (non-hydrogen) atoms. The second-order valence-electron chi connectivity index (χ2n) is 4.19. The van der Waals surface area contributed by atoms with Gasteiger partial charge < -0.3 is 5.32 Å². The van der Waals surface area contributed by atoms with Gasteiger partial charge in [0, 0.05) is 18.3 Å². The second kappa shape index (κ2) is 6.95. The molecule has 106 valence electrons. The highest BCUT2D eigenvalue weighted by atomic mass is 16.6. The molecule has 1 heterocycles. The van der Waals surface area contributed by atoms with Crippen LogP contribution in [-0.4, -0.2) is 15.8 Å². The number of para-hydroxylation sites is 1.